The van der Waals surface area contributed by atoms with Gasteiger partial charge in [-0.1, -0.05) is 26.0 Å². The Morgan fingerprint density at radius 2 is 2.00 bits per heavy atom. The molecule has 0 atom stereocenters. The SMILES string of the molecule is CC(C)(CN)CN(Cc1cccc(NC(=O)N2CCOCC2)c1)C(=O)C1CC1. The maximum Gasteiger partial charge on any atom is 0.321 e. The fourth-order valence-electron chi connectivity index (χ4n) is 3.32. The Balaban J connectivity index is 1.66. The first-order valence-electron chi connectivity index (χ1n) is 10.1. The molecule has 0 unspecified atom stereocenters. The van der Waals surface area contributed by atoms with Crippen LogP contribution in [-0.4, -0.2) is 61.1 Å². The predicted octanol–water partition coefficient (Wildman–Crippen LogP) is 2.27. The number of urea groups is 1. The van der Waals surface area contributed by atoms with Crippen molar-refractivity contribution in [3.63, 3.8) is 0 Å². The van der Waals surface area contributed by atoms with Gasteiger partial charge in [-0.25, -0.2) is 4.79 Å². The number of morpholine rings is 1. The van der Waals surface area contributed by atoms with Gasteiger partial charge in [0.15, 0.2) is 0 Å². The van der Waals surface area contributed by atoms with Crippen LogP contribution in [0.3, 0.4) is 0 Å². The van der Waals surface area contributed by atoms with Gasteiger partial charge in [0.25, 0.3) is 0 Å². The third-order valence-electron chi connectivity index (χ3n) is 5.26. The van der Waals surface area contributed by atoms with Crippen molar-refractivity contribution < 1.29 is 14.3 Å². The van der Waals surface area contributed by atoms with Crippen LogP contribution in [0.4, 0.5) is 10.5 Å². The number of nitrogens with one attached hydrogen (secondary N) is 1. The van der Waals surface area contributed by atoms with Crippen molar-refractivity contribution in [3.05, 3.63) is 29.8 Å². The van der Waals surface area contributed by atoms with Gasteiger partial charge in [-0.05, 0) is 42.5 Å². The van der Waals surface area contributed by atoms with E-state index >= 15 is 0 Å². The van der Waals surface area contributed by atoms with Crippen molar-refractivity contribution in [3.8, 4) is 0 Å². The number of anilines is 1. The molecule has 7 nitrogen and oxygen atoms in total. The van der Waals surface area contributed by atoms with Crippen LogP contribution in [0, 0.1) is 11.3 Å². The van der Waals surface area contributed by atoms with Crippen LogP contribution in [0.1, 0.15) is 32.3 Å². The van der Waals surface area contributed by atoms with Crippen molar-refractivity contribution in [1.82, 2.24) is 9.80 Å². The molecule has 154 valence electrons. The van der Waals surface area contributed by atoms with Gasteiger partial charge in [0.2, 0.25) is 5.91 Å². The average molecular weight is 389 g/mol. The molecule has 3 rings (SSSR count). The lowest BCUT2D eigenvalue weighted by Crippen LogP contribution is -2.43. The van der Waals surface area contributed by atoms with E-state index in [1.165, 1.54) is 0 Å². The summed E-state index contributed by atoms with van der Waals surface area (Å²) in [5, 5.41) is 2.96. The van der Waals surface area contributed by atoms with Gasteiger partial charge < -0.3 is 25.6 Å². The zero-order valence-corrected chi connectivity index (χ0v) is 16.9. The molecular formula is C21H32N4O3. The lowest BCUT2D eigenvalue weighted by Gasteiger charge is -2.32. The molecule has 1 heterocycles. The van der Waals surface area contributed by atoms with Crippen LogP contribution < -0.4 is 11.1 Å². The highest BCUT2D eigenvalue weighted by Crippen LogP contribution is 2.32. The third kappa shape index (κ3) is 5.69. The number of ether oxygens (including phenoxy) is 1. The van der Waals surface area contributed by atoms with E-state index in [0.29, 0.717) is 45.9 Å². The summed E-state index contributed by atoms with van der Waals surface area (Å²) in [5.74, 6) is 0.377. The Hall–Kier alpha value is -2.12. The quantitative estimate of drug-likeness (QED) is 0.750. The van der Waals surface area contributed by atoms with Crippen molar-refractivity contribution in [1.29, 1.82) is 0 Å². The second-order valence-electron chi connectivity index (χ2n) is 8.57. The molecule has 7 heteroatoms. The summed E-state index contributed by atoms with van der Waals surface area (Å²) in [7, 11) is 0. The minimum atomic E-state index is -0.132. The lowest BCUT2D eigenvalue weighted by molar-refractivity contribution is -0.134. The van der Waals surface area contributed by atoms with Crippen LogP contribution in [0.25, 0.3) is 0 Å². The van der Waals surface area contributed by atoms with E-state index in [1.54, 1.807) is 4.90 Å². The van der Waals surface area contributed by atoms with Gasteiger partial charge in [-0.2, -0.15) is 0 Å². The minimum absolute atomic E-state index is 0.115. The molecule has 2 aliphatic rings. The summed E-state index contributed by atoms with van der Waals surface area (Å²) in [6, 6.07) is 7.61. The average Bonchev–Trinajstić information content (AvgIpc) is 3.53. The first-order chi connectivity index (χ1) is 13.4. The molecule has 2 fully saturated rings. The van der Waals surface area contributed by atoms with E-state index in [-0.39, 0.29) is 23.3 Å². The summed E-state index contributed by atoms with van der Waals surface area (Å²) in [6.45, 7) is 8.19. The normalized spacial score (nSPS) is 17.3. The molecule has 0 bridgehead atoms. The Morgan fingerprint density at radius 3 is 2.64 bits per heavy atom. The predicted molar refractivity (Wildman–Crippen MR) is 109 cm³/mol. The monoisotopic (exact) mass is 388 g/mol. The number of amides is 3. The van der Waals surface area contributed by atoms with E-state index in [0.717, 1.165) is 24.1 Å². The molecule has 0 radical (unpaired) electrons. The highest BCUT2D eigenvalue weighted by atomic mass is 16.5. The van der Waals surface area contributed by atoms with Crippen LogP contribution in [0.5, 0.6) is 0 Å². The molecule has 1 aromatic rings. The summed E-state index contributed by atoms with van der Waals surface area (Å²) in [5.41, 5.74) is 7.50. The number of nitrogens with zero attached hydrogens (tertiary/aromatic N) is 2. The molecule has 1 aliphatic heterocycles. The zero-order valence-electron chi connectivity index (χ0n) is 16.9. The lowest BCUT2D eigenvalue weighted by atomic mass is 9.92. The topological polar surface area (TPSA) is 87.9 Å². The third-order valence-corrected chi connectivity index (χ3v) is 5.26. The second kappa shape index (κ2) is 8.92. The Bertz CT molecular complexity index is 697. The van der Waals surface area contributed by atoms with Crippen molar-refractivity contribution in [2.45, 2.75) is 33.2 Å². The van der Waals surface area contributed by atoms with Crippen LogP contribution in [-0.2, 0) is 16.1 Å². The number of carbonyl (C=O) groups excluding carboxylic acids is 2. The van der Waals surface area contributed by atoms with Crippen LogP contribution in [0.15, 0.2) is 24.3 Å². The summed E-state index contributed by atoms with van der Waals surface area (Å²) in [6.07, 6.45) is 1.96. The van der Waals surface area contributed by atoms with Gasteiger partial charge in [0.1, 0.15) is 0 Å². The van der Waals surface area contributed by atoms with Gasteiger partial charge in [0, 0.05) is 37.8 Å². The van der Waals surface area contributed by atoms with Gasteiger partial charge >= 0.3 is 6.03 Å². The molecule has 28 heavy (non-hydrogen) atoms. The Kier molecular flexibility index (Phi) is 6.57. The van der Waals surface area contributed by atoms with Gasteiger partial charge in [0.05, 0.1) is 13.2 Å². The first kappa shape index (κ1) is 20.6. The highest BCUT2D eigenvalue weighted by Gasteiger charge is 2.35. The van der Waals surface area contributed by atoms with Gasteiger partial charge in [-0.15, -0.1) is 0 Å². The smallest absolute Gasteiger partial charge is 0.321 e. The van der Waals surface area contributed by atoms with Crippen LogP contribution >= 0.6 is 0 Å². The fourth-order valence-corrected chi connectivity index (χ4v) is 3.32. The van der Waals surface area contributed by atoms with E-state index in [4.69, 9.17) is 10.5 Å². The Morgan fingerprint density at radius 1 is 1.29 bits per heavy atom. The number of hydrogen-bond acceptors (Lipinski definition) is 4. The second-order valence-corrected chi connectivity index (χ2v) is 8.57. The molecule has 1 saturated carbocycles. The van der Waals surface area contributed by atoms with Crippen LogP contribution in [0.2, 0.25) is 0 Å². The molecule has 3 amide bonds. The van der Waals surface area contributed by atoms with E-state index in [2.05, 4.69) is 19.2 Å². The standard InChI is InChI=1S/C21H32N4O3/c1-21(2,14-22)15-25(19(26)17-6-7-17)13-16-4-3-5-18(12-16)23-20(27)24-8-10-28-11-9-24/h3-5,12,17H,6-11,13-15,22H2,1-2H3,(H,23,27). The molecule has 3 N–H and O–H groups in total. The first-order valence-corrected chi connectivity index (χ1v) is 10.1. The van der Waals surface area contributed by atoms with Gasteiger partial charge in [-0.3, -0.25) is 4.79 Å². The summed E-state index contributed by atoms with van der Waals surface area (Å²) < 4.78 is 5.29. The van der Waals surface area contributed by atoms with Crippen molar-refractivity contribution in [2.24, 2.45) is 17.1 Å². The number of rotatable bonds is 7. The molecule has 1 aliphatic carbocycles. The van der Waals surface area contributed by atoms with Crippen molar-refractivity contribution in [2.75, 3.05) is 44.7 Å². The maximum absolute atomic E-state index is 12.8. The number of benzene rings is 1. The van der Waals surface area contributed by atoms with E-state index in [9.17, 15) is 9.59 Å². The van der Waals surface area contributed by atoms with Crippen molar-refractivity contribution >= 4 is 17.6 Å². The molecule has 1 saturated heterocycles. The largest absolute Gasteiger partial charge is 0.378 e. The molecule has 0 spiro atoms. The summed E-state index contributed by atoms with van der Waals surface area (Å²) in [4.78, 5) is 28.9. The number of carbonyl (C=O) groups is 2. The molecular weight excluding hydrogens is 356 g/mol. The number of nitrogens with two attached hydrogens (primary N) is 1. The maximum atomic E-state index is 12.8. The fraction of sp³-hybridized carbons (Fsp3) is 0.619. The summed E-state index contributed by atoms with van der Waals surface area (Å²) >= 11 is 0. The molecule has 1 aromatic carbocycles. The minimum Gasteiger partial charge on any atom is -0.378 e. The molecule has 0 aromatic heterocycles. The van der Waals surface area contributed by atoms with E-state index < -0.39 is 0 Å². The Labute approximate surface area is 167 Å². The zero-order chi connectivity index (χ0) is 20.1. The number of hydrogen-bond donors (Lipinski definition) is 2. The van der Waals surface area contributed by atoms with E-state index in [1.807, 2.05) is 29.2 Å². The highest BCUT2D eigenvalue weighted by molar-refractivity contribution is 5.89.